The average molecular weight is 282 g/mol. The summed E-state index contributed by atoms with van der Waals surface area (Å²) in [6.45, 7) is 0.523. The van der Waals surface area contributed by atoms with Gasteiger partial charge in [0.2, 0.25) is 0 Å². The van der Waals surface area contributed by atoms with Gasteiger partial charge < -0.3 is 9.84 Å². The maximum Gasteiger partial charge on any atom is 0.336 e. The van der Waals surface area contributed by atoms with E-state index in [1.54, 1.807) is 0 Å². The predicted octanol–water partition coefficient (Wildman–Crippen LogP) is 2.71. The predicted molar refractivity (Wildman–Crippen MR) is 65.4 cm³/mol. The average Bonchev–Trinajstić information content (AvgIpc) is 2.88. The molecule has 1 fully saturated rings. The summed E-state index contributed by atoms with van der Waals surface area (Å²) < 4.78 is 34.3. The van der Waals surface area contributed by atoms with Crippen molar-refractivity contribution in [3.05, 3.63) is 29.5 Å². The molecule has 2 aromatic rings. The number of rotatable bonds is 2. The van der Waals surface area contributed by atoms with Crippen LogP contribution in [0.2, 0.25) is 0 Å². The van der Waals surface area contributed by atoms with Gasteiger partial charge in [-0.3, -0.25) is 0 Å². The van der Waals surface area contributed by atoms with Crippen molar-refractivity contribution in [2.24, 2.45) is 0 Å². The number of benzene rings is 1. The molecule has 1 aromatic carbocycles. The van der Waals surface area contributed by atoms with Gasteiger partial charge in [0.1, 0.15) is 5.52 Å². The molecule has 1 aromatic heterocycles. The van der Waals surface area contributed by atoms with Crippen LogP contribution in [0, 0.1) is 11.6 Å². The van der Waals surface area contributed by atoms with Crippen molar-refractivity contribution < 1.29 is 23.4 Å². The number of aromatic nitrogens is 2. The second kappa shape index (κ2) is 4.82. The van der Waals surface area contributed by atoms with E-state index >= 15 is 0 Å². The SMILES string of the molecule is O=C(O)c1cc(F)c(F)c2c1cnn2C1CCCCO1. The molecule has 1 atom stereocenters. The van der Waals surface area contributed by atoms with Crippen LogP contribution in [0.15, 0.2) is 12.3 Å². The second-order valence-electron chi connectivity index (χ2n) is 4.70. The Hall–Kier alpha value is -2.02. The molecule has 0 spiro atoms. The highest BCUT2D eigenvalue weighted by Gasteiger charge is 2.25. The topological polar surface area (TPSA) is 64.3 Å². The van der Waals surface area contributed by atoms with Gasteiger partial charge in [-0.15, -0.1) is 0 Å². The third kappa shape index (κ3) is 1.94. The van der Waals surface area contributed by atoms with Crippen LogP contribution in [0.1, 0.15) is 35.8 Å². The molecule has 0 amide bonds. The minimum atomic E-state index is -1.32. The number of fused-ring (bicyclic) bond motifs is 1. The summed E-state index contributed by atoms with van der Waals surface area (Å²) in [5, 5.41) is 13.1. The lowest BCUT2D eigenvalue weighted by atomic mass is 10.1. The molecular formula is C13H12F2N2O3. The summed E-state index contributed by atoms with van der Waals surface area (Å²) in [5.74, 6) is -3.62. The van der Waals surface area contributed by atoms with E-state index in [0.29, 0.717) is 19.1 Å². The van der Waals surface area contributed by atoms with Gasteiger partial charge in [0.15, 0.2) is 17.9 Å². The number of carbonyl (C=O) groups is 1. The third-order valence-corrected chi connectivity index (χ3v) is 3.43. The molecule has 106 valence electrons. The molecular weight excluding hydrogens is 270 g/mol. The quantitative estimate of drug-likeness (QED) is 0.919. The van der Waals surface area contributed by atoms with Crippen molar-refractivity contribution in [1.29, 1.82) is 0 Å². The lowest BCUT2D eigenvalue weighted by Gasteiger charge is -2.23. The number of nitrogens with zero attached hydrogens (tertiary/aromatic N) is 2. The van der Waals surface area contributed by atoms with E-state index in [1.807, 2.05) is 0 Å². The minimum Gasteiger partial charge on any atom is -0.478 e. The van der Waals surface area contributed by atoms with E-state index in [2.05, 4.69) is 5.10 Å². The third-order valence-electron chi connectivity index (χ3n) is 3.43. The van der Waals surface area contributed by atoms with Crippen LogP contribution < -0.4 is 0 Å². The lowest BCUT2D eigenvalue weighted by molar-refractivity contribution is -0.0369. The van der Waals surface area contributed by atoms with Crippen molar-refractivity contribution in [2.75, 3.05) is 6.61 Å². The molecule has 7 heteroatoms. The van der Waals surface area contributed by atoms with E-state index in [9.17, 15) is 13.6 Å². The van der Waals surface area contributed by atoms with Crippen molar-refractivity contribution in [2.45, 2.75) is 25.5 Å². The normalized spacial score (nSPS) is 19.4. The van der Waals surface area contributed by atoms with E-state index < -0.39 is 23.8 Å². The maximum atomic E-state index is 14.0. The van der Waals surface area contributed by atoms with Gasteiger partial charge in [-0.25, -0.2) is 18.3 Å². The first-order chi connectivity index (χ1) is 9.59. The van der Waals surface area contributed by atoms with Crippen LogP contribution in [-0.4, -0.2) is 27.5 Å². The zero-order chi connectivity index (χ0) is 14.3. The molecule has 1 aliphatic rings. The summed E-state index contributed by atoms with van der Waals surface area (Å²) in [7, 11) is 0. The van der Waals surface area contributed by atoms with Crippen LogP contribution in [0.3, 0.4) is 0 Å². The zero-order valence-corrected chi connectivity index (χ0v) is 10.5. The van der Waals surface area contributed by atoms with Crippen LogP contribution in [0.4, 0.5) is 8.78 Å². The Labute approximate surface area is 112 Å². The zero-order valence-electron chi connectivity index (χ0n) is 10.5. The van der Waals surface area contributed by atoms with Gasteiger partial charge in [0.25, 0.3) is 0 Å². The molecule has 1 saturated heterocycles. The summed E-state index contributed by atoms with van der Waals surface area (Å²) in [5.41, 5.74) is -0.463. The Morgan fingerprint density at radius 1 is 1.45 bits per heavy atom. The Morgan fingerprint density at radius 3 is 2.90 bits per heavy atom. The first-order valence-corrected chi connectivity index (χ1v) is 6.29. The Bertz CT molecular complexity index is 678. The van der Waals surface area contributed by atoms with Crippen molar-refractivity contribution in [1.82, 2.24) is 9.78 Å². The lowest BCUT2D eigenvalue weighted by Crippen LogP contribution is -2.19. The number of hydrogen-bond donors (Lipinski definition) is 1. The fourth-order valence-corrected chi connectivity index (χ4v) is 2.47. The molecule has 5 nitrogen and oxygen atoms in total. The number of halogens is 2. The molecule has 2 heterocycles. The molecule has 1 N–H and O–H groups in total. The van der Waals surface area contributed by atoms with Crippen molar-refractivity contribution in [3.63, 3.8) is 0 Å². The largest absolute Gasteiger partial charge is 0.478 e. The van der Waals surface area contributed by atoms with E-state index in [1.165, 1.54) is 10.9 Å². The first kappa shape index (κ1) is 13.0. The van der Waals surface area contributed by atoms with E-state index in [4.69, 9.17) is 9.84 Å². The summed E-state index contributed by atoms with van der Waals surface area (Å²) in [6, 6.07) is 0.674. The number of hydrogen-bond acceptors (Lipinski definition) is 3. The number of carboxylic acids is 1. The van der Waals surface area contributed by atoms with E-state index in [0.717, 1.165) is 12.8 Å². The van der Waals surface area contributed by atoms with Crippen LogP contribution in [-0.2, 0) is 4.74 Å². The van der Waals surface area contributed by atoms with Gasteiger partial charge in [0, 0.05) is 12.0 Å². The first-order valence-electron chi connectivity index (χ1n) is 6.29. The molecule has 20 heavy (non-hydrogen) atoms. The van der Waals surface area contributed by atoms with Crippen LogP contribution in [0.25, 0.3) is 10.9 Å². The van der Waals surface area contributed by atoms with Gasteiger partial charge in [-0.2, -0.15) is 5.10 Å². The minimum absolute atomic E-state index is 0.0746. The smallest absolute Gasteiger partial charge is 0.336 e. The highest BCUT2D eigenvalue weighted by molar-refractivity contribution is 6.02. The Kier molecular flexibility index (Phi) is 3.13. The van der Waals surface area contributed by atoms with Crippen molar-refractivity contribution >= 4 is 16.9 Å². The van der Waals surface area contributed by atoms with Gasteiger partial charge in [-0.1, -0.05) is 0 Å². The number of ether oxygens (including phenoxy) is 1. The molecule has 1 aliphatic heterocycles. The molecule has 0 radical (unpaired) electrons. The highest BCUT2D eigenvalue weighted by Crippen LogP contribution is 2.30. The van der Waals surface area contributed by atoms with E-state index in [-0.39, 0.29) is 16.5 Å². The fourth-order valence-electron chi connectivity index (χ4n) is 2.47. The van der Waals surface area contributed by atoms with Gasteiger partial charge >= 0.3 is 5.97 Å². The molecule has 1 unspecified atom stereocenters. The number of aromatic carboxylic acids is 1. The summed E-state index contributed by atoms with van der Waals surface area (Å²) in [6.07, 6.45) is 3.19. The van der Waals surface area contributed by atoms with Crippen LogP contribution in [0.5, 0.6) is 0 Å². The van der Waals surface area contributed by atoms with Gasteiger partial charge in [0.05, 0.1) is 11.8 Å². The summed E-state index contributed by atoms with van der Waals surface area (Å²) in [4.78, 5) is 11.1. The molecule has 0 saturated carbocycles. The summed E-state index contributed by atoms with van der Waals surface area (Å²) >= 11 is 0. The molecule has 3 rings (SSSR count). The fraction of sp³-hybridized carbons (Fsp3) is 0.385. The highest BCUT2D eigenvalue weighted by atomic mass is 19.2. The maximum absolute atomic E-state index is 14.0. The molecule has 0 aliphatic carbocycles. The molecule has 0 bridgehead atoms. The second-order valence-corrected chi connectivity index (χ2v) is 4.70. The Balaban J connectivity index is 2.22. The van der Waals surface area contributed by atoms with Gasteiger partial charge in [-0.05, 0) is 25.3 Å². The monoisotopic (exact) mass is 282 g/mol. The van der Waals surface area contributed by atoms with Crippen molar-refractivity contribution in [3.8, 4) is 0 Å². The standard InChI is InChI=1S/C13H12F2N2O3/c14-9-5-7(13(18)19)8-6-16-17(12(8)11(9)15)10-3-1-2-4-20-10/h5-6,10H,1-4H2,(H,18,19). The van der Waals surface area contributed by atoms with Crippen LogP contribution >= 0.6 is 0 Å². The Morgan fingerprint density at radius 2 is 2.25 bits per heavy atom. The number of carboxylic acid groups (broad SMARTS) is 1.